The van der Waals surface area contributed by atoms with E-state index in [4.69, 9.17) is 5.11 Å². The Bertz CT molecular complexity index is 372. The number of carboxylic acids is 1. The lowest BCUT2D eigenvalue weighted by atomic mass is 10.4. The molecule has 0 atom stereocenters. The van der Waals surface area contributed by atoms with E-state index in [0.717, 1.165) is 18.4 Å². The molecule has 1 rings (SSSR count). The Morgan fingerprint density at radius 3 is 2.88 bits per heavy atom. The van der Waals surface area contributed by atoms with Crippen LogP contribution in [0.25, 0.3) is 0 Å². The maximum Gasteiger partial charge on any atom is 0.363 e. The molecule has 0 unspecified atom stereocenters. The highest BCUT2D eigenvalue weighted by Crippen LogP contribution is 2.16. The van der Waals surface area contributed by atoms with Crippen LogP contribution in [0.2, 0.25) is 0 Å². The van der Waals surface area contributed by atoms with E-state index in [1.54, 1.807) is 11.8 Å². The highest BCUT2D eigenvalue weighted by atomic mass is 32.2. The summed E-state index contributed by atoms with van der Waals surface area (Å²) < 4.78 is 1.30. The lowest BCUT2D eigenvalue weighted by Crippen LogP contribution is -2.04. The van der Waals surface area contributed by atoms with Gasteiger partial charge in [-0.25, -0.2) is 4.79 Å². The van der Waals surface area contributed by atoms with Crippen molar-refractivity contribution in [1.82, 2.24) is 9.78 Å². The quantitative estimate of drug-likeness (QED) is 0.460. The molecule has 0 aromatic carbocycles. The van der Waals surface area contributed by atoms with Crippen molar-refractivity contribution in [3.05, 3.63) is 22.0 Å². The molecule has 0 saturated carbocycles. The van der Waals surface area contributed by atoms with Gasteiger partial charge in [0.25, 0.3) is 0 Å². The molecule has 7 nitrogen and oxygen atoms in total. The largest absolute Gasteiger partial charge is 0.476 e. The molecule has 1 N–H and O–H groups in total. The van der Waals surface area contributed by atoms with Crippen LogP contribution in [0.4, 0.5) is 5.69 Å². The summed E-state index contributed by atoms with van der Waals surface area (Å²) in [6.07, 6.45) is 3.90. The third-order valence-electron chi connectivity index (χ3n) is 1.88. The second-order valence-electron chi connectivity index (χ2n) is 3.03. The van der Waals surface area contributed by atoms with Crippen molar-refractivity contribution in [1.29, 1.82) is 0 Å². The molecule has 1 aromatic rings. The molecule has 0 spiro atoms. The van der Waals surface area contributed by atoms with E-state index in [1.165, 1.54) is 4.68 Å². The van der Waals surface area contributed by atoms with Gasteiger partial charge in [-0.2, -0.15) is 16.9 Å². The number of rotatable bonds is 6. The van der Waals surface area contributed by atoms with E-state index in [2.05, 4.69) is 5.10 Å². The fourth-order valence-electron chi connectivity index (χ4n) is 1.18. The first-order valence-corrected chi connectivity index (χ1v) is 5.89. The Morgan fingerprint density at radius 2 is 2.44 bits per heavy atom. The van der Waals surface area contributed by atoms with Crippen LogP contribution in [0.3, 0.4) is 0 Å². The third kappa shape index (κ3) is 2.96. The maximum atomic E-state index is 10.7. The summed E-state index contributed by atoms with van der Waals surface area (Å²) in [6.45, 7) is 0.481. The number of aromatic nitrogens is 2. The summed E-state index contributed by atoms with van der Waals surface area (Å²) in [7, 11) is 0. The predicted molar refractivity (Wildman–Crippen MR) is 58.8 cm³/mol. The van der Waals surface area contributed by atoms with Crippen molar-refractivity contribution >= 4 is 23.4 Å². The average molecular weight is 245 g/mol. The van der Waals surface area contributed by atoms with Gasteiger partial charge < -0.3 is 5.11 Å². The lowest BCUT2D eigenvalue weighted by Gasteiger charge is -1.97. The highest BCUT2D eigenvalue weighted by molar-refractivity contribution is 7.98. The number of hydrogen-bond acceptors (Lipinski definition) is 5. The van der Waals surface area contributed by atoms with Crippen molar-refractivity contribution in [2.75, 3.05) is 12.0 Å². The van der Waals surface area contributed by atoms with Crippen LogP contribution in [0.5, 0.6) is 0 Å². The minimum atomic E-state index is -1.38. The number of carbonyl (C=O) groups is 1. The van der Waals surface area contributed by atoms with Gasteiger partial charge in [0, 0.05) is 6.54 Å². The van der Waals surface area contributed by atoms with Crippen LogP contribution in [0, 0.1) is 10.1 Å². The van der Waals surface area contributed by atoms with Gasteiger partial charge in [0.1, 0.15) is 6.20 Å². The first kappa shape index (κ1) is 12.5. The summed E-state index contributed by atoms with van der Waals surface area (Å²) in [5, 5.41) is 22.9. The van der Waals surface area contributed by atoms with E-state index in [9.17, 15) is 14.9 Å². The van der Waals surface area contributed by atoms with Gasteiger partial charge in [0.15, 0.2) is 0 Å². The first-order chi connectivity index (χ1) is 7.56. The Morgan fingerprint density at radius 1 is 1.75 bits per heavy atom. The molecule has 0 aliphatic carbocycles. The SMILES string of the molecule is CSCCCn1cc([N+](=O)[O-])c(C(=O)O)n1. The van der Waals surface area contributed by atoms with Crippen molar-refractivity contribution in [3.63, 3.8) is 0 Å². The second kappa shape index (κ2) is 5.50. The van der Waals surface area contributed by atoms with Crippen LogP contribution in [-0.4, -0.2) is 37.8 Å². The van der Waals surface area contributed by atoms with E-state index in [0.29, 0.717) is 6.54 Å². The molecule has 0 aliphatic rings. The van der Waals surface area contributed by atoms with Gasteiger partial charge in [0.2, 0.25) is 5.69 Å². The second-order valence-corrected chi connectivity index (χ2v) is 4.02. The normalized spacial score (nSPS) is 10.3. The van der Waals surface area contributed by atoms with Crippen molar-refractivity contribution < 1.29 is 14.8 Å². The fraction of sp³-hybridized carbons (Fsp3) is 0.500. The summed E-state index contributed by atoms with van der Waals surface area (Å²) in [6, 6.07) is 0. The number of nitrogens with zero attached hydrogens (tertiary/aromatic N) is 3. The zero-order valence-corrected chi connectivity index (χ0v) is 9.44. The average Bonchev–Trinajstić information content (AvgIpc) is 2.62. The Balaban J connectivity index is 2.84. The minimum Gasteiger partial charge on any atom is -0.476 e. The minimum absolute atomic E-state index is 0.461. The molecule has 0 aliphatic heterocycles. The number of carboxylic acid groups (broad SMARTS) is 1. The van der Waals surface area contributed by atoms with E-state index in [-0.39, 0.29) is 0 Å². The van der Waals surface area contributed by atoms with Gasteiger partial charge in [-0.15, -0.1) is 0 Å². The molecule has 0 amide bonds. The lowest BCUT2D eigenvalue weighted by molar-refractivity contribution is -0.385. The summed E-state index contributed by atoms with van der Waals surface area (Å²) in [4.78, 5) is 20.5. The Hall–Kier alpha value is -1.57. The number of thioether (sulfide) groups is 1. The van der Waals surface area contributed by atoms with Gasteiger partial charge in [0.05, 0.1) is 4.92 Å². The summed E-state index contributed by atoms with van der Waals surface area (Å²) >= 11 is 1.65. The van der Waals surface area contributed by atoms with E-state index < -0.39 is 22.3 Å². The molecule has 1 heterocycles. The summed E-state index contributed by atoms with van der Waals surface area (Å²) in [5.41, 5.74) is -0.967. The van der Waals surface area contributed by atoms with Gasteiger partial charge in [-0.1, -0.05) is 0 Å². The van der Waals surface area contributed by atoms with Crippen molar-refractivity contribution in [2.24, 2.45) is 0 Å². The first-order valence-electron chi connectivity index (χ1n) is 4.50. The maximum absolute atomic E-state index is 10.7. The Labute approximate surface area is 95.6 Å². The van der Waals surface area contributed by atoms with E-state index in [1.807, 2.05) is 6.26 Å². The molecule has 0 bridgehead atoms. The molecule has 16 heavy (non-hydrogen) atoms. The molecule has 0 radical (unpaired) electrons. The molecule has 0 saturated heterocycles. The molecule has 88 valence electrons. The van der Waals surface area contributed by atoms with Gasteiger partial charge in [-0.05, 0) is 18.4 Å². The third-order valence-corrected chi connectivity index (χ3v) is 2.57. The summed E-state index contributed by atoms with van der Waals surface area (Å²) in [5.74, 6) is -0.480. The fourth-order valence-corrected chi connectivity index (χ4v) is 1.60. The van der Waals surface area contributed by atoms with Gasteiger partial charge in [-0.3, -0.25) is 14.8 Å². The zero-order valence-electron chi connectivity index (χ0n) is 8.62. The standard InChI is InChI=1S/C8H11N3O4S/c1-16-4-2-3-10-5-6(11(14)15)7(9-10)8(12)13/h5H,2-4H2,1H3,(H,12,13). The van der Waals surface area contributed by atoms with Crippen LogP contribution in [0.1, 0.15) is 16.9 Å². The predicted octanol–water partition coefficient (Wildman–Crippen LogP) is 1.24. The smallest absolute Gasteiger partial charge is 0.363 e. The van der Waals surface area contributed by atoms with Crippen molar-refractivity contribution in [3.8, 4) is 0 Å². The van der Waals surface area contributed by atoms with Crippen molar-refractivity contribution in [2.45, 2.75) is 13.0 Å². The van der Waals surface area contributed by atoms with Crippen LogP contribution in [-0.2, 0) is 6.54 Å². The van der Waals surface area contributed by atoms with Gasteiger partial charge >= 0.3 is 11.7 Å². The molecule has 1 aromatic heterocycles. The molecule has 8 heteroatoms. The topological polar surface area (TPSA) is 98.3 Å². The number of nitro groups is 1. The Kier molecular flexibility index (Phi) is 4.29. The highest BCUT2D eigenvalue weighted by Gasteiger charge is 2.24. The number of aromatic carboxylic acids is 1. The van der Waals surface area contributed by atoms with Crippen LogP contribution in [0.15, 0.2) is 6.20 Å². The number of hydrogen-bond donors (Lipinski definition) is 1. The van der Waals surface area contributed by atoms with Crippen LogP contribution < -0.4 is 0 Å². The molecular weight excluding hydrogens is 234 g/mol. The van der Waals surface area contributed by atoms with Crippen LogP contribution >= 0.6 is 11.8 Å². The zero-order chi connectivity index (χ0) is 12.1. The monoisotopic (exact) mass is 245 g/mol. The van der Waals surface area contributed by atoms with E-state index >= 15 is 0 Å². The molecule has 0 fully saturated rings. The number of aryl methyl sites for hydroxylation is 1. The molecular formula is C8H11N3O4S.